The largest absolute Gasteiger partial charge is 0.370 e. The lowest BCUT2D eigenvalue weighted by Gasteiger charge is -2.30. The van der Waals surface area contributed by atoms with E-state index < -0.39 is 0 Å². The summed E-state index contributed by atoms with van der Waals surface area (Å²) in [4.78, 5) is 15.4. The second-order valence-corrected chi connectivity index (χ2v) is 8.74. The highest BCUT2D eigenvalue weighted by atomic mass is 32.2. The third-order valence-electron chi connectivity index (χ3n) is 4.01. The lowest BCUT2D eigenvalue weighted by Crippen LogP contribution is -2.32. The number of thioether (sulfide) groups is 2. The zero-order valence-electron chi connectivity index (χ0n) is 13.5. The highest BCUT2D eigenvalue weighted by Gasteiger charge is 2.28. The standard InChI is InChI=1S/C16H17N3OS3/c1-16(2)6-10-8(7-20-16)5-9-11-12(23-13(9)17-10)14(21-3)19-15(18-11)22-4/h5H,6-7H2,1-4H3. The van der Waals surface area contributed by atoms with E-state index in [4.69, 9.17) is 14.7 Å². The van der Waals surface area contributed by atoms with Crippen molar-refractivity contribution in [2.24, 2.45) is 0 Å². The first-order valence-electron chi connectivity index (χ1n) is 7.36. The van der Waals surface area contributed by atoms with E-state index in [0.717, 1.165) is 42.7 Å². The maximum absolute atomic E-state index is 5.94. The molecule has 4 nitrogen and oxygen atoms in total. The van der Waals surface area contributed by atoms with Gasteiger partial charge in [0.2, 0.25) is 0 Å². The fourth-order valence-electron chi connectivity index (χ4n) is 2.84. The van der Waals surface area contributed by atoms with Gasteiger partial charge in [-0.1, -0.05) is 11.8 Å². The summed E-state index contributed by atoms with van der Waals surface area (Å²) < 4.78 is 7.08. The molecule has 0 saturated carbocycles. The molecule has 1 aliphatic rings. The molecule has 120 valence electrons. The van der Waals surface area contributed by atoms with Gasteiger partial charge in [0.05, 0.1) is 28.1 Å². The van der Waals surface area contributed by atoms with Crippen LogP contribution in [-0.4, -0.2) is 33.1 Å². The van der Waals surface area contributed by atoms with Crippen molar-refractivity contribution in [2.75, 3.05) is 12.5 Å². The summed E-state index contributed by atoms with van der Waals surface area (Å²) >= 11 is 4.94. The molecular formula is C16H17N3OS3. The van der Waals surface area contributed by atoms with Gasteiger partial charge < -0.3 is 4.74 Å². The number of fused-ring (bicyclic) bond motifs is 4. The maximum Gasteiger partial charge on any atom is 0.189 e. The molecule has 0 unspecified atom stereocenters. The monoisotopic (exact) mass is 363 g/mol. The summed E-state index contributed by atoms with van der Waals surface area (Å²) in [5.74, 6) is 0. The minimum atomic E-state index is -0.138. The molecule has 23 heavy (non-hydrogen) atoms. The van der Waals surface area contributed by atoms with Gasteiger partial charge in [-0.2, -0.15) is 0 Å². The molecular weight excluding hydrogens is 346 g/mol. The van der Waals surface area contributed by atoms with Crippen LogP contribution in [0.4, 0.5) is 0 Å². The SMILES string of the molecule is CSc1nc(SC)c2sc3nc4c(cc3c2n1)COC(C)(C)C4. The first-order valence-corrected chi connectivity index (χ1v) is 10.6. The highest BCUT2D eigenvalue weighted by molar-refractivity contribution is 7.99. The van der Waals surface area contributed by atoms with Crippen LogP contribution in [0.2, 0.25) is 0 Å². The summed E-state index contributed by atoms with van der Waals surface area (Å²) in [7, 11) is 0. The molecule has 0 radical (unpaired) electrons. The molecule has 0 saturated heterocycles. The van der Waals surface area contributed by atoms with E-state index in [9.17, 15) is 0 Å². The van der Waals surface area contributed by atoms with Gasteiger partial charge in [0, 0.05) is 17.4 Å². The number of ether oxygens (including phenoxy) is 1. The Bertz CT molecular complexity index is 920. The number of nitrogens with zero attached hydrogens (tertiary/aromatic N) is 3. The van der Waals surface area contributed by atoms with Crippen LogP contribution < -0.4 is 0 Å². The predicted octanol–water partition coefficient (Wildman–Crippen LogP) is 4.53. The first-order chi connectivity index (χ1) is 11.0. The number of hydrogen-bond acceptors (Lipinski definition) is 7. The van der Waals surface area contributed by atoms with Crippen LogP contribution in [0.15, 0.2) is 16.2 Å². The highest BCUT2D eigenvalue weighted by Crippen LogP contribution is 2.39. The van der Waals surface area contributed by atoms with Gasteiger partial charge in [0.1, 0.15) is 9.86 Å². The normalized spacial score (nSPS) is 16.9. The summed E-state index contributed by atoms with van der Waals surface area (Å²) in [6.07, 6.45) is 4.92. The van der Waals surface area contributed by atoms with Crippen LogP contribution >= 0.6 is 34.9 Å². The average molecular weight is 364 g/mol. The Hall–Kier alpha value is -0.890. The van der Waals surface area contributed by atoms with Crippen molar-refractivity contribution in [2.45, 2.75) is 42.7 Å². The molecule has 0 fully saturated rings. The number of hydrogen-bond donors (Lipinski definition) is 0. The van der Waals surface area contributed by atoms with Gasteiger partial charge in [-0.25, -0.2) is 15.0 Å². The van der Waals surface area contributed by atoms with Gasteiger partial charge in [0.25, 0.3) is 0 Å². The molecule has 0 spiro atoms. The number of aromatic nitrogens is 3. The second-order valence-electron chi connectivity index (χ2n) is 6.17. The molecule has 3 aromatic heterocycles. The van der Waals surface area contributed by atoms with Gasteiger partial charge in [-0.05, 0) is 32.4 Å². The number of thiophene rings is 1. The van der Waals surface area contributed by atoms with E-state index in [0.29, 0.717) is 6.61 Å². The Morgan fingerprint density at radius 2 is 2.00 bits per heavy atom. The Balaban J connectivity index is 2.00. The van der Waals surface area contributed by atoms with Crippen molar-refractivity contribution >= 4 is 55.3 Å². The van der Waals surface area contributed by atoms with Crippen molar-refractivity contribution < 1.29 is 4.74 Å². The van der Waals surface area contributed by atoms with Crippen molar-refractivity contribution in [3.63, 3.8) is 0 Å². The Morgan fingerprint density at radius 1 is 1.17 bits per heavy atom. The number of pyridine rings is 1. The van der Waals surface area contributed by atoms with E-state index in [1.807, 2.05) is 6.26 Å². The van der Waals surface area contributed by atoms with E-state index >= 15 is 0 Å². The molecule has 7 heteroatoms. The lowest BCUT2D eigenvalue weighted by atomic mass is 9.95. The minimum absolute atomic E-state index is 0.138. The predicted molar refractivity (Wildman–Crippen MR) is 98.9 cm³/mol. The van der Waals surface area contributed by atoms with Crippen molar-refractivity contribution in [1.29, 1.82) is 0 Å². The van der Waals surface area contributed by atoms with Crippen LogP contribution in [-0.2, 0) is 17.8 Å². The molecule has 0 amide bonds. The Kier molecular flexibility index (Phi) is 3.79. The third-order valence-corrected chi connectivity index (χ3v) is 6.47. The molecule has 0 N–H and O–H groups in total. The fraction of sp³-hybridized carbons (Fsp3) is 0.438. The smallest absolute Gasteiger partial charge is 0.189 e. The van der Waals surface area contributed by atoms with Gasteiger partial charge in [-0.15, -0.1) is 23.1 Å². The lowest BCUT2D eigenvalue weighted by molar-refractivity contribution is -0.0411. The quantitative estimate of drug-likeness (QED) is 0.379. The average Bonchev–Trinajstić information content (AvgIpc) is 2.88. The molecule has 0 bridgehead atoms. The molecule has 0 aromatic carbocycles. The van der Waals surface area contributed by atoms with E-state index in [-0.39, 0.29) is 5.60 Å². The molecule has 1 aliphatic heterocycles. The summed E-state index contributed by atoms with van der Waals surface area (Å²) in [6, 6.07) is 2.22. The van der Waals surface area contributed by atoms with E-state index in [1.165, 1.54) is 5.56 Å². The molecule has 0 aliphatic carbocycles. The molecule has 0 atom stereocenters. The maximum atomic E-state index is 5.94. The van der Waals surface area contributed by atoms with Gasteiger partial charge >= 0.3 is 0 Å². The number of rotatable bonds is 2. The Morgan fingerprint density at radius 3 is 2.74 bits per heavy atom. The molecule has 4 rings (SSSR count). The zero-order valence-corrected chi connectivity index (χ0v) is 15.9. The molecule has 3 aromatic rings. The first kappa shape index (κ1) is 15.6. The second kappa shape index (κ2) is 5.58. The van der Waals surface area contributed by atoms with Crippen molar-refractivity contribution in [3.05, 3.63) is 17.3 Å². The topological polar surface area (TPSA) is 47.9 Å². The van der Waals surface area contributed by atoms with Gasteiger partial charge in [0.15, 0.2) is 5.16 Å². The van der Waals surface area contributed by atoms with E-state index in [2.05, 4.69) is 31.2 Å². The fourth-order valence-corrected chi connectivity index (χ4v) is 5.10. The summed E-state index contributed by atoms with van der Waals surface area (Å²) in [6.45, 7) is 4.86. The van der Waals surface area contributed by atoms with Crippen LogP contribution in [0.1, 0.15) is 25.1 Å². The third kappa shape index (κ3) is 2.63. The Labute approximate surface area is 147 Å². The molecule has 4 heterocycles. The summed E-state index contributed by atoms with van der Waals surface area (Å²) in [5, 5.41) is 2.98. The van der Waals surface area contributed by atoms with Crippen LogP contribution in [0.5, 0.6) is 0 Å². The minimum Gasteiger partial charge on any atom is -0.370 e. The van der Waals surface area contributed by atoms with Crippen LogP contribution in [0.3, 0.4) is 0 Å². The van der Waals surface area contributed by atoms with Gasteiger partial charge in [-0.3, -0.25) is 0 Å². The van der Waals surface area contributed by atoms with Crippen LogP contribution in [0, 0.1) is 0 Å². The zero-order chi connectivity index (χ0) is 16.2. The summed E-state index contributed by atoms with van der Waals surface area (Å²) in [5.41, 5.74) is 3.23. The van der Waals surface area contributed by atoms with Crippen molar-refractivity contribution in [3.8, 4) is 0 Å². The van der Waals surface area contributed by atoms with E-state index in [1.54, 1.807) is 34.9 Å². The van der Waals surface area contributed by atoms with Crippen molar-refractivity contribution in [1.82, 2.24) is 15.0 Å². The van der Waals surface area contributed by atoms with Crippen LogP contribution in [0.25, 0.3) is 20.4 Å².